The van der Waals surface area contributed by atoms with Crippen LogP contribution in [0.2, 0.25) is 0 Å². The third kappa shape index (κ3) is 3.64. The number of nitrogens with zero attached hydrogens (tertiary/aromatic N) is 2. The van der Waals surface area contributed by atoms with Crippen LogP contribution in [0.3, 0.4) is 0 Å². The van der Waals surface area contributed by atoms with Crippen molar-refractivity contribution in [1.82, 2.24) is 9.80 Å². The predicted molar refractivity (Wildman–Crippen MR) is 78.4 cm³/mol. The zero-order valence-corrected chi connectivity index (χ0v) is 12.2. The molecule has 0 radical (unpaired) electrons. The number of rotatable bonds is 3. The summed E-state index contributed by atoms with van der Waals surface area (Å²) in [5, 5.41) is 0. The summed E-state index contributed by atoms with van der Waals surface area (Å²) in [5.74, 6) is 0.338. The average Bonchev–Trinajstić information content (AvgIpc) is 2.54. The van der Waals surface area contributed by atoms with E-state index in [9.17, 15) is 4.79 Å². The van der Waals surface area contributed by atoms with Gasteiger partial charge in [0.2, 0.25) is 0 Å². The lowest BCUT2D eigenvalue weighted by atomic mass is 9.99. The maximum absolute atomic E-state index is 12.6. The highest BCUT2D eigenvalue weighted by Gasteiger charge is 2.26. The van der Waals surface area contributed by atoms with E-state index in [1.807, 2.05) is 12.1 Å². The molecule has 0 aromatic heterocycles. The van der Waals surface area contributed by atoms with Gasteiger partial charge < -0.3 is 4.90 Å². The molecule has 3 heteroatoms. The Kier molecular flexibility index (Phi) is 4.72. The van der Waals surface area contributed by atoms with Crippen molar-refractivity contribution in [3.05, 3.63) is 35.4 Å². The van der Waals surface area contributed by atoms with Gasteiger partial charge in [-0.05, 0) is 51.7 Å². The van der Waals surface area contributed by atoms with E-state index in [0.29, 0.717) is 12.2 Å². The van der Waals surface area contributed by atoms with Crippen molar-refractivity contribution < 1.29 is 4.79 Å². The quantitative estimate of drug-likeness (QED) is 0.827. The topological polar surface area (TPSA) is 23.6 Å². The largest absolute Gasteiger partial charge is 0.304 e. The Morgan fingerprint density at radius 2 is 2.00 bits per heavy atom. The fourth-order valence-corrected chi connectivity index (χ4v) is 2.73. The smallest absolute Gasteiger partial charge is 0.155 e. The molecule has 2 rings (SSSR count). The number of likely N-dealkylation sites (N-methyl/N-ethyl adjacent to an activating group) is 2. The second kappa shape index (κ2) is 6.31. The molecule has 1 aliphatic heterocycles. The number of hydrogen-bond acceptors (Lipinski definition) is 3. The fraction of sp³-hybridized carbons (Fsp3) is 0.562. The molecule has 1 unspecified atom stereocenters. The summed E-state index contributed by atoms with van der Waals surface area (Å²) in [6.45, 7) is 5.01. The molecule has 0 amide bonds. The lowest BCUT2D eigenvalue weighted by Crippen LogP contribution is -2.44. The monoisotopic (exact) mass is 260 g/mol. The zero-order valence-electron chi connectivity index (χ0n) is 12.2. The van der Waals surface area contributed by atoms with Crippen LogP contribution in [-0.2, 0) is 11.2 Å². The first kappa shape index (κ1) is 14.2. The minimum Gasteiger partial charge on any atom is -0.304 e. The van der Waals surface area contributed by atoms with Crippen LogP contribution in [-0.4, -0.2) is 55.4 Å². The normalized spacial score (nSPS) is 22.2. The first-order valence-electron chi connectivity index (χ1n) is 7.04. The number of benzene rings is 1. The molecule has 0 bridgehead atoms. The summed E-state index contributed by atoms with van der Waals surface area (Å²) in [4.78, 5) is 17.0. The molecule has 1 atom stereocenters. The van der Waals surface area contributed by atoms with Gasteiger partial charge in [-0.25, -0.2) is 0 Å². The standard InChI is InChI=1S/C16H24N2O/c1-13-7-4-5-8-14(13)11-16(19)15-12-17(2)9-6-10-18(15)3/h4-5,7-8,15H,6,9-12H2,1-3H3. The van der Waals surface area contributed by atoms with Crippen molar-refractivity contribution in [2.45, 2.75) is 25.8 Å². The van der Waals surface area contributed by atoms with Gasteiger partial charge in [0.05, 0.1) is 6.04 Å². The first-order chi connectivity index (χ1) is 9.08. The van der Waals surface area contributed by atoms with Crippen LogP contribution >= 0.6 is 0 Å². The van der Waals surface area contributed by atoms with Crippen LogP contribution in [0.15, 0.2) is 24.3 Å². The first-order valence-corrected chi connectivity index (χ1v) is 7.04. The van der Waals surface area contributed by atoms with Crippen molar-refractivity contribution >= 4 is 5.78 Å². The molecule has 1 heterocycles. The number of hydrogen-bond donors (Lipinski definition) is 0. The molecule has 3 nitrogen and oxygen atoms in total. The van der Waals surface area contributed by atoms with Crippen molar-refractivity contribution in [2.24, 2.45) is 0 Å². The minimum absolute atomic E-state index is 0.0344. The Labute approximate surface area is 116 Å². The third-order valence-corrected chi connectivity index (χ3v) is 4.06. The number of carbonyl (C=O) groups excluding carboxylic acids is 1. The van der Waals surface area contributed by atoms with E-state index in [4.69, 9.17) is 0 Å². The molecule has 1 aromatic rings. The Morgan fingerprint density at radius 1 is 1.26 bits per heavy atom. The highest BCUT2D eigenvalue weighted by Crippen LogP contribution is 2.13. The van der Waals surface area contributed by atoms with Crippen molar-refractivity contribution in [3.8, 4) is 0 Å². The maximum Gasteiger partial charge on any atom is 0.155 e. The van der Waals surface area contributed by atoms with Crippen LogP contribution in [0.5, 0.6) is 0 Å². The van der Waals surface area contributed by atoms with Gasteiger partial charge in [-0.15, -0.1) is 0 Å². The van der Waals surface area contributed by atoms with Crippen LogP contribution < -0.4 is 0 Å². The number of ketones is 1. The molecule has 1 aromatic carbocycles. The highest BCUT2D eigenvalue weighted by molar-refractivity contribution is 5.86. The molecule has 1 fully saturated rings. The summed E-state index contributed by atoms with van der Waals surface area (Å²) < 4.78 is 0. The molecule has 0 saturated carbocycles. The summed E-state index contributed by atoms with van der Waals surface area (Å²) >= 11 is 0. The van der Waals surface area contributed by atoms with E-state index in [0.717, 1.165) is 31.6 Å². The number of Topliss-reactive ketones (excluding diaryl/α,β-unsaturated/α-hetero) is 1. The van der Waals surface area contributed by atoms with Crippen LogP contribution in [0, 0.1) is 6.92 Å². The number of carbonyl (C=O) groups is 1. The van der Waals surface area contributed by atoms with E-state index in [2.05, 4.69) is 43.0 Å². The molecule has 1 aliphatic rings. The van der Waals surface area contributed by atoms with E-state index in [1.165, 1.54) is 5.56 Å². The molecule has 0 spiro atoms. The second-order valence-corrected chi connectivity index (χ2v) is 5.68. The van der Waals surface area contributed by atoms with Gasteiger partial charge in [0.1, 0.15) is 0 Å². The molecule has 19 heavy (non-hydrogen) atoms. The Morgan fingerprint density at radius 3 is 2.74 bits per heavy atom. The van der Waals surface area contributed by atoms with E-state index in [1.54, 1.807) is 0 Å². The average molecular weight is 260 g/mol. The van der Waals surface area contributed by atoms with Gasteiger partial charge in [-0.1, -0.05) is 24.3 Å². The molecule has 1 saturated heterocycles. The van der Waals surface area contributed by atoms with Gasteiger partial charge in [0.25, 0.3) is 0 Å². The van der Waals surface area contributed by atoms with E-state index < -0.39 is 0 Å². The van der Waals surface area contributed by atoms with E-state index >= 15 is 0 Å². The van der Waals surface area contributed by atoms with Crippen molar-refractivity contribution in [1.29, 1.82) is 0 Å². The third-order valence-electron chi connectivity index (χ3n) is 4.06. The molecule has 104 valence electrons. The fourth-order valence-electron chi connectivity index (χ4n) is 2.73. The molecule has 0 aliphatic carbocycles. The van der Waals surface area contributed by atoms with Gasteiger partial charge in [-0.2, -0.15) is 0 Å². The van der Waals surface area contributed by atoms with Crippen LogP contribution in [0.1, 0.15) is 17.5 Å². The van der Waals surface area contributed by atoms with Crippen molar-refractivity contribution in [2.75, 3.05) is 33.7 Å². The van der Waals surface area contributed by atoms with Crippen LogP contribution in [0.25, 0.3) is 0 Å². The Balaban J connectivity index is 2.08. The molecular formula is C16H24N2O. The SMILES string of the molecule is Cc1ccccc1CC(=O)C1CN(C)CCCN1C. The van der Waals surface area contributed by atoms with Gasteiger partial charge >= 0.3 is 0 Å². The van der Waals surface area contributed by atoms with Gasteiger partial charge in [0, 0.05) is 13.0 Å². The van der Waals surface area contributed by atoms with Gasteiger partial charge in [0.15, 0.2) is 5.78 Å². The lowest BCUT2D eigenvalue weighted by molar-refractivity contribution is -0.123. The Hall–Kier alpha value is -1.19. The zero-order chi connectivity index (χ0) is 13.8. The summed E-state index contributed by atoms with van der Waals surface area (Å²) in [6, 6.07) is 8.21. The highest BCUT2D eigenvalue weighted by atomic mass is 16.1. The summed E-state index contributed by atoms with van der Waals surface area (Å²) in [5.41, 5.74) is 2.37. The molecular weight excluding hydrogens is 236 g/mol. The lowest BCUT2D eigenvalue weighted by Gasteiger charge is -2.26. The van der Waals surface area contributed by atoms with Crippen LogP contribution in [0.4, 0.5) is 0 Å². The second-order valence-electron chi connectivity index (χ2n) is 5.68. The maximum atomic E-state index is 12.6. The van der Waals surface area contributed by atoms with Crippen molar-refractivity contribution in [3.63, 3.8) is 0 Å². The Bertz CT molecular complexity index is 444. The van der Waals surface area contributed by atoms with Gasteiger partial charge in [-0.3, -0.25) is 9.69 Å². The summed E-state index contributed by atoms with van der Waals surface area (Å²) in [6.07, 6.45) is 1.69. The summed E-state index contributed by atoms with van der Waals surface area (Å²) in [7, 11) is 4.17. The molecule has 0 N–H and O–H groups in total. The predicted octanol–water partition coefficient (Wildman–Crippen LogP) is 1.74. The number of aryl methyl sites for hydroxylation is 1. The minimum atomic E-state index is 0.0344. The van der Waals surface area contributed by atoms with E-state index in [-0.39, 0.29) is 6.04 Å².